The van der Waals surface area contributed by atoms with Crippen LogP contribution in [0, 0.1) is 5.92 Å². The molecule has 1 aromatic heterocycles. The maximum atomic E-state index is 12.9. The Bertz CT molecular complexity index is 796. The molecular weight excluding hydrogens is 428 g/mol. The fourth-order valence-corrected chi connectivity index (χ4v) is 3.39. The number of ether oxygens (including phenoxy) is 2. The summed E-state index contributed by atoms with van der Waals surface area (Å²) in [7, 11) is 0. The predicted octanol–water partition coefficient (Wildman–Crippen LogP) is 2.21. The van der Waals surface area contributed by atoms with Crippen molar-refractivity contribution >= 4 is 18.1 Å². The molecule has 0 aromatic carbocycles. The monoisotopic (exact) mass is 464 g/mol. The number of nitrogens with one attached hydrogen (secondary N) is 2. The molecule has 2 heterocycles. The standard InChI is InChI=1S/C23H36N4O6/c1-15(2)12-18(26-21(30)32-14-16-6-9-24-10-7-16)20(29)25-17-8-11-27(13-19(17)28)22(31)33-23(3,4)5/h6-7,9-10,15,17-19,28H,8,11-14H2,1-5H3,(H,25,29)(H,26,30)/t17?,18-,19?/m0/s1. The van der Waals surface area contributed by atoms with E-state index in [9.17, 15) is 19.5 Å². The number of aliphatic hydroxyl groups excluding tert-OH is 1. The lowest BCUT2D eigenvalue weighted by Gasteiger charge is -2.37. The van der Waals surface area contributed by atoms with Crippen molar-refractivity contribution in [3.63, 3.8) is 0 Å². The summed E-state index contributed by atoms with van der Waals surface area (Å²) in [6.45, 7) is 9.67. The van der Waals surface area contributed by atoms with E-state index in [0.717, 1.165) is 5.56 Å². The van der Waals surface area contributed by atoms with Gasteiger partial charge in [0.05, 0.1) is 18.7 Å². The SMILES string of the molecule is CC(C)C[C@H](NC(=O)OCc1ccncc1)C(=O)NC1CCN(C(=O)OC(C)(C)C)CC1O. The minimum absolute atomic E-state index is 0.0517. The number of carbonyl (C=O) groups is 3. The van der Waals surface area contributed by atoms with E-state index in [1.165, 1.54) is 4.90 Å². The van der Waals surface area contributed by atoms with E-state index in [1.807, 2.05) is 13.8 Å². The molecule has 184 valence electrons. The number of β-amino-alcohol motifs (C(OH)–C–C–N with tert-alkyl or cyclic N) is 1. The van der Waals surface area contributed by atoms with Gasteiger partial charge in [0.1, 0.15) is 18.2 Å². The second kappa shape index (κ2) is 11.8. The van der Waals surface area contributed by atoms with Gasteiger partial charge in [0.25, 0.3) is 0 Å². The van der Waals surface area contributed by atoms with Crippen LogP contribution < -0.4 is 10.6 Å². The van der Waals surface area contributed by atoms with Crippen LogP contribution in [0.5, 0.6) is 0 Å². The van der Waals surface area contributed by atoms with Crippen molar-refractivity contribution < 1.29 is 29.0 Å². The number of hydrogen-bond donors (Lipinski definition) is 3. The number of likely N-dealkylation sites (tertiary alicyclic amines) is 1. The van der Waals surface area contributed by atoms with Crippen molar-refractivity contribution in [2.75, 3.05) is 13.1 Å². The van der Waals surface area contributed by atoms with Gasteiger partial charge < -0.3 is 30.1 Å². The number of alkyl carbamates (subject to hydrolysis) is 1. The molecule has 10 nitrogen and oxygen atoms in total. The lowest BCUT2D eigenvalue weighted by atomic mass is 9.99. The zero-order chi connectivity index (χ0) is 24.6. The molecule has 3 N–H and O–H groups in total. The molecule has 2 rings (SSSR count). The Balaban J connectivity index is 1.89. The first kappa shape index (κ1) is 26.4. The summed E-state index contributed by atoms with van der Waals surface area (Å²) >= 11 is 0. The molecule has 3 atom stereocenters. The zero-order valence-corrected chi connectivity index (χ0v) is 20.0. The smallest absolute Gasteiger partial charge is 0.410 e. The second-order valence-corrected chi connectivity index (χ2v) is 9.66. The Labute approximate surface area is 195 Å². The maximum Gasteiger partial charge on any atom is 0.410 e. The van der Waals surface area contributed by atoms with Crippen LogP contribution in [0.15, 0.2) is 24.5 Å². The summed E-state index contributed by atoms with van der Waals surface area (Å²) in [5, 5.41) is 15.9. The molecule has 1 fully saturated rings. The highest BCUT2D eigenvalue weighted by molar-refractivity contribution is 5.86. The normalized spacial score (nSPS) is 19.5. The molecule has 33 heavy (non-hydrogen) atoms. The summed E-state index contributed by atoms with van der Waals surface area (Å²) in [6, 6.07) is 2.11. The van der Waals surface area contributed by atoms with Crippen LogP contribution in [-0.2, 0) is 20.9 Å². The van der Waals surface area contributed by atoms with Gasteiger partial charge in [-0.15, -0.1) is 0 Å². The number of hydrogen-bond acceptors (Lipinski definition) is 7. The van der Waals surface area contributed by atoms with Crippen molar-refractivity contribution in [2.24, 2.45) is 5.92 Å². The van der Waals surface area contributed by atoms with Gasteiger partial charge in [0.2, 0.25) is 5.91 Å². The molecule has 3 amide bonds. The largest absolute Gasteiger partial charge is 0.445 e. The number of aliphatic hydroxyl groups is 1. The van der Waals surface area contributed by atoms with Gasteiger partial charge in [0, 0.05) is 18.9 Å². The fourth-order valence-electron chi connectivity index (χ4n) is 3.39. The number of rotatable bonds is 7. The molecule has 0 radical (unpaired) electrons. The van der Waals surface area contributed by atoms with Crippen LogP contribution in [0.2, 0.25) is 0 Å². The van der Waals surface area contributed by atoms with Crippen LogP contribution in [-0.4, -0.2) is 70.0 Å². The highest BCUT2D eigenvalue weighted by Crippen LogP contribution is 2.17. The summed E-state index contributed by atoms with van der Waals surface area (Å²) in [6.07, 6.45) is 1.83. The molecule has 1 aromatic rings. The number of aromatic nitrogens is 1. The molecule has 0 aliphatic carbocycles. The summed E-state index contributed by atoms with van der Waals surface area (Å²) in [5.41, 5.74) is 0.152. The molecule has 1 aliphatic rings. The lowest BCUT2D eigenvalue weighted by Crippen LogP contribution is -2.58. The third-order valence-electron chi connectivity index (χ3n) is 5.00. The maximum absolute atomic E-state index is 12.9. The number of amides is 3. The molecular formula is C23H36N4O6. The van der Waals surface area contributed by atoms with Gasteiger partial charge in [-0.1, -0.05) is 13.8 Å². The number of piperidine rings is 1. The average molecular weight is 465 g/mol. The van der Waals surface area contributed by atoms with Gasteiger partial charge in [-0.2, -0.15) is 0 Å². The minimum Gasteiger partial charge on any atom is -0.445 e. The summed E-state index contributed by atoms with van der Waals surface area (Å²) in [5.74, 6) is -0.264. The van der Waals surface area contributed by atoms with Crippen LogP contribution in [0.1, 0.15) is 53.0 Å². The van der Waals surface area contributed by atoms with Crippen molar-refractivity contribution in [1.82, 2.24) is 20.5 Å². The van der Waals surface area contributed by atoms with E-state index in [-0.39, 0.29) is 19.1 Å². The topological polar surface area (TPSA) is 130 Å². The van der Waals surface area contributed by atoms with Gasteiger partial charge in [-0.05, 0) is 57.2 Å². The van der Waals surface area contributed by atoms with Gasteiger partial charge in [-0.25, -0.2) is 9.59 Å². The first-order chi connectivity index (χ1) is 15.4. The number of carbonyl (C=O) groups excluding carboxylic acids is 3. The van der Waals surface area contributed by atoms with E-state index >= 15 is 0 Å². The van der Waals surface area contributed by atoms with Gasteiger partial charge in [-0.3, -0.25) is 9.78 Å². The quantitative estimate of drug-likeness (QED) is 0.564. The van der Waals surface area contributed by atoms with Crippen molar-refractivity contribution in [2.45, 2.75) is 77.9 Å². The second-order valence-electron chi connectivity index (χ2n) is 9.66. The van der Waals surface area contributed by atoms with Crippen LogP contribution in [0.3, 0.4) is 0 Å². The Morgan fingerprint density at radius 1 is 1.24 bits per heavy atom. The molecule has 0 spiro atoms. The summed E-state index contributed by atoms with van der Waals surface area (Å²) < 4.78 is 10.6. The van der Waals surface area contributed by atoms with Crippen LogP contribution in [0.4, 0.5) is 9.59 Å². The molecule has 1 saturated heterocycles. The fraction of sp³-hybridized carbons (Fsp3) is 0.652. The van der Waals surface area contributed by atoms with E-state index in [1.54, 1.807) is 45.3 Å². The highest BCUT2D eigenvalue weighted by Gasteiger charge is 2.34. The molecule has 0 bridgehead atoms. The first-order valence-electron chi connectivity index (χ1n) is 11.2. The third kappa shape index (κ3) is 9.25. The molecule has 2 unspecified atom stereocenters. The average Bonchev–Trinajstić information content (AvgIpc) is 2.72. The van der Waals surface area contributed by atoms with E-state index < -0.39 is 41.9 Å². The van der Waals surface area contributed by atoms with Gasteiger partial charge in [0.15, 0.2) is 0 Å². The number of nitrogens with zero attached hydrogens (tertiary/aromatic N) is 2. The van der Waals surface area contributed by atoms with Crippen molar-refractivity contribution in [1.29, 1.82) is 0 Å². The van der Waals surface area contributed by atoms with E-state index in [0.29, 0.717) is 19.4 Å². The Morgan fingerprint density at radius 3 is 2.48 bits per heavy atom. The minimum atomic E-state index is -0.950. The highest BCUT2D eigenvalue weighted by atomic mass is 16.6. The molecule has 1 aliphatic heterocycles. The summed E-state index contributed by atoms with van der Waals surface area (Å²) in [4.78, 5) is 42.7. The Hall–Kier alpha value is -2.88. The van der Waals surface area contributed by atoms with Gasteiger partial charge >= 0.3 is 12.2 Å². The number of pyridine rings is 1. The predicted molar refractivity (Wildman–Crippen MR) is 121 cm³/mol. The molecule has 10 heteroatoms. The van der Waals surface area contributed by atoms with E-state index in [4.69, 9.17) is 9.47 Å². The Kier molecular flexibility index (Phi) is 9.45. The first-order valence-corrected chi connectivity index (χ1v) is 11.2. The van der Waals surface area contributed by atoms with E-state index in [2.05, 4.69) is 15.6 Å². The van der Waals surface area contributed by atoms with Crippen LogP contribution >= 0.6 is 0 Å². The van der Waals surface area contributed by atoms with Crippen molar-refractivity contribution in [3.8, 4) is 0 Å². The third-order valence-corrected chi connectivity index (χ3v) is 5.00. The molecule has 0 saturated carbocycles. The lowest BCUT2D eigenvalue weighted by molar-refractivity contribution is -0.125. The van der Waals surface area contributed by atoms with Crippen molar-refractivity contribution in [3.05, 3.63) is 30.1 Å². The zero-order valence-electron chi connectivity index (χ0n) is 20.0. The Morgan fingerprint density at radius 2 is 1.91 bits per heavy atom. The van der Waals surface area contributed by atoms with Crippen LogP contribution in [0.25, 0.3) is 0 Å².